The van der Waals surface area contributed by atoms with E-state index in [0.29, 0.717) is 15.8 Å². The van der Waals surface area contributed by atoms with E-state index in [2.05, 4.69) is 14.8 Å². The molecule has 0 saturated carbocycles. The first kappa shape index (κ1) is 27.3. The second-order valence-corrected chi connectivity index (χ2v) is 10.9. The molecular weight excluding hydrogens is 549 g/mol. The van der Waals surface area contributed by atoms with Gasteiger partial charge in [-0.3, -0.25) is 9.59 Å². The molecule has 0 fully saturated rings. The number of halogens is 2. The molecule has 1 heterocycles. The lowest BCUT2D eigenvalue weighted by atomic mass is 9.91. The van der Waals surface area contributed by atoms with Gasteiger partial charge in [-0.15, -0.1) is 4.40 Å². The molecule has 0 saturated heterocycles. The fraction of sp³-hybridized carbons (Fsp3) is 0.154. The van der Waals surface area contributed by atoms with Gasteiger partial charge in [0.15, 0.2) is 11.8 Å². The Labute approximate surface area is 230 Å². The Balaban J connectivity index is 1.83. The van der Waals surface area contributed by atoms with Gasteiger partial charge in [0.2, 0.25) is 11.9 Å². The Morgan fingerprint density at radius 2 is 1.58 bits per heavy atom. The fourth-order valence-corrected chi connectivity index (χ4v) is 5.10. The highest BCUT2D eigenvalue weighted by Crippen LogP contribution is 2.30. The summed E-state index contributed by atoms with van der Waals surface area (Å²) in [5.41, 5.74) is 7.71. The van der Waals surface area contributed by atoms with Crippen molar-refractivity contribution in [1.82, 2.24) is 10.3 Å². The minimum absolute atomic E-state index is 0.139. The Morgan fingerprint density at radius 3 is 2.13 bits per heavy atom. The highest BCUT2D eigenvalue weighted by molar-refractivity contribution is 7.90. The molecule has 0 aliphatic carbocycles. The second-order valence-electron chi connectivity index (χ2n) is 8.47. The molecule has 2 atom stereocenters. The van der Waals surface area contributed by atoms with Crippen LogP contribution < -0.4 is 11.1 Å². The highest BCUT2D eigenvalue weighted by atomic mass is 35.5. The van der Waals surface area contributed by atoms with Crippen LogP contribution in [-0.4, -0.2) is 49.4 Å². The van der Waals surface area contributed by atoms with Crippen molar-refractivity contribution in [3.63, 3.8) is 0 Å². The molecule has 0 spiro atoms. The maximum Gasteiger partial charge on any atom is 0.285 e. The van der Waals surface area contributed by atoms with Crippen LogP contribution in [0.2, 0.25) is 10.0 Å². The third-order valence-corrected chi connectivity index (χ3v) is 7.57. The zero-order chi connectivity index (χ0) is 27.4. The molecule has 9 nitrogen and oxygen atoms in total. The first-order valence-electron chi connectivity index (χ1n) is 11.4. The van der Waals surface area contributed by atoms with Crippen molar-refractivity contribution in [3.05, 3.63) is 100 Å². The zero-order valence-corrected chi connectivity index (χ0v) is 22.4. The van der Waals surface area contributed by atoms with Gasteiger partial charge in [0.05, 0.1) is 17.2 Å². The minimum atomic E-state index is -4.31. The maximum atomic E-state index is 13.2. The monoisotopic (exact) mass is 571 g/mol. The molecule has 196 valence electrons. The number of guanidine groups is 1. The molecule has 0 unspecified atom stereocenters. The van der Waals surface area contributed by atoms with Gasteiger partial charge >= 0.3 is 0 Å². The number of nitrogens with zero attached hydrogens (tertiary/aromatic N) is 3. The first-order valence-corrected chi connectivity index (χ1v) is 13.6. The molecule has 0 bridgehead atoms. The Kier molecular flexibility index (Phi) is 8.15. The number of hydrogen-bond donors (Lipinski definition) is 2. The maximum absolute atomic E-state index is 13.2. The average Bonchev–Trinajstić information content (AvgIpc) is 3.33. The number of Topliss-reactive ketones (excluding diaryl/α,β-unsaturated/α-hetero) is 1. The quantitative estimate of drug-likeness (QED) is 0.253. The summed E-state index contributed by atoms with van der Waals surface area (Å²) in [6.07, 6.45) is 0. The van der Waals surface area contributed by atoms with Gasteiger partial charge in [0.25, 0.3) is 10.0 Å². The van der Waals surface area contributed by atoms with Gasteiger partial charge in [0.1, 0.15) is 0 Å². The molecule has 3 N–H and O–H groups in total. The van der Waals surface area contributed by atoms with Gasteiger partial charge in [-0.2, -0.15) is 13.5 Å². The molecule has 38 heavy (non-hydrogen) atoms. The van der Waals surface area contributed by atoms with Crippen LogP contribution in [0.5, 0.6) is 0 Å². The molecule has 12 heteroatoms. The molecule has 1 aliphatic heterocycles. The Bertz CT molecular complexity index is 1500. The van der Waals surface area contributed by atoms with E-state index in [0.717, 1.165) is 18.1 Å². The Morgan fingerprint density at radius 1 is 1.00 bits per heavy atom. The van der Waals surface area contributed by atoms with Gasteiger partial charge < -0.3 is 11.1 Å². The van der Waals surface area contributed by atoms with E-state index in [-0.39, 0.29) is 23.3 Å². The normalized spacial score (nSPS) is 16.6. The molecule has 3 aromatic carbocycles. The number of primary amides is 1. The van der Waals surface area contributed by atoms with Crippen molar-refractivity contribution in [1.29, 1.82) is 0 Å². The number of ketones is 1. The van der Waals surface area contributed by atoms with Crippen LogP contribution in [0.1, 0.15) is 24.0 Å². The summed E-state index contributed by atoms with van der Waals surface area (Å²) in [5.74, 6) is -2.24. The summed E-state index contributed by atoms with van der Waals surface area (Å²) in [6.45, 7) is 1.32. The number of hydrogen-bond acceptors (Lipinski definition) is 5. The number of nitrogens with one attached hydrogen (secondary N) is 1. The summed E-state index contributed by atoms with van der Waals surface area (Å²) >= 11 is 12.0. The molecule has 1 aliphatic rings. The standard InChI is InChI=1S/C26H23Cl2N5O4S/c1-16(34)23(25(29)35)30-26(32-38(36,37)21-13-11-20(28)12-14-21)33-15-22(17-5-3-2-4-6-17)24(31-33)18-7-9-19(27)10-8-18/h2-14,22-23H,15H2,1H3,(H2,29,35)(H,30,32)/t22-,23-/m1/s1. The van der Waals surface area contributed by atoms with E-state index >= 15 is 0 Å². The number of carbonyl (C=O) groups excluding carboxylic acids is 2. The molecular formula is C26H23Cl2N5O4S. The summed E-state index contributed by atoms with van der Waals surface area (Å²) < 4.78 is 30.4. The number of benzene rings is 3. The lowest BCUT2D eigenvalue weighted by molar-refractivity contribution is -0.127. The lowest BCUT2D eigenvalue weighted by Gasteiger charge is -2.22. The van der Waals surface area contributed by atoms with E-state index in [4.69, 9.17) is 28.9 Å². The van der Waals surface area contributed by atoms with Crippen molar-refractivity contribution < 1.29 is 18.0 Å². The summed E-state index contributed by atoms with van der Waals surface area (Å²) in [6, 6.07) is 20.5. The molecule has 4 rings (SSSR count). The number of rotatable bonds is 7. The lowest BCUT2D eigenvalue weighted by Crippen LogP contribution is -2.52. The van der Waals surface area contributed by atoms with E-state index < -0.39 is 27.8 Å². The topological polar surface area (TPSA) is 134 Å². The predicted octanol–water partition coefficient (Wildman–Crippen LogP) is 3.57. The van der Waals surface area contributed by atoms with Gasteiger partial charge in [0, 0.05) is 16.0 Å². The van der Waals surface area contributed by atoms with E-state index in [1.54, 1.807) is 24.3 Å². The molecule has 1 amide bonds. The Hall–Kier alpha value is -3.73. The minimum Gasteiger partial charge on any atom is -0.367 e. The van der Waals surface area contributed by atoms with Crippen molar-refractivity contribution in [2.45, 2.75) is 23.8 Å². The van der Waals surface area contributed by atoms with Crippen molar-refractivity contribution in [2.75, 3.05) is 6.54 Å². The van der Waals surface area contributed by atoms with Crippen LogP contribution in [0.15, 0.2) is 93.3 Å². The molecule has 0 radical (unpaired) electrons. The van der Waals surface area contributed by atoms with Crippen LogP contribution in [0.25, 0.3) is 0 Å². The number of amides is 1. The SMILES string of the molecule is CC(=O)[C@@H](N/C(=N/S(=O)(=O)c1ccc(Cl)cc1)N1C[C@H](c2ccccc2)C(c2ccc(Cl)cc2)=N1)C(N)=O. The first-order chi connectivity index (χ1) is 18.0. The summed E-state index contributed by atoms with van der Waals surface area (Å²) in [7, 11) is -4.31. The predicted molar refractivity (Wildman–Crippen MR) is 147 cm³/mol. The number of sulfonamides is 1. The highest BCUT2D eigenvalue weighted by Gasteiger charge is 2.34. The van der Waals surface area contributed by atoms with Crippen LogP contribution in [0.4, 0.5) is 0 Å². The number of carbonyl (C=O) groups is 2. The summed E-state index contributed by atoms with van der Waals surface area (Å²) in [5, 5.41) is 9.48. The van der Waals surface area contributed by atoms with Crippen molar-refractivity contribution in [3.8, 4) is 0 Å². The van der Waals surface area contributed by atoms with E-state index in [1.165, 1.54) is 29.3 Å². The van der Waals surface area contributed by atoms with Crippen LogP contribution in [0, 0.1) is 0 Å². The molecule has 0 aromatic heterocycles. The van der Waals surface area contributed by atoms with Crippen LogP contribution in [0.3, 0.4) is 0 Å². The van der Waals surface area contributed by atoms with Gasteiger partial charge in [-0.05, 0) is 54.4 Å². The van der Waals surface area contributed by atoms with Crippen LogP contribution in [-0.2, 0) is 19.6 Å². The van der Waals surface area contributed by atoms with Crippen molar-refractivity contribution >= 4 is 56.6 Å². The van der Waals surface area contributed by atoms with E-state index in [1.807, 2.05) is 30.3 Å². The summed E-state index contributed by atoms with van der Waals surface area (Å²) in [4.78, 5) is 24.0. The largest absolute Gasteiger partial charge is 0.367 e. The van der Waals surface area contributed by atoms with E-state index in [9.17, 15) is 18.0 Å². The smallest absolute Gasteiger partial charge is 0.285 e. The van der Waals surface area contributed by atoms with Gasteiger partial charge in [-0.25, -0.2) is 5.01 Å². The van der Waals surface area contributed by atoms with Crippen molar-refractivity contribution in [2.24, 2.45) is 15.2 Å². The average molecular weight is 572 g/mol. The van der Waals surface area contributed by atoms with Crippen LogP contribution >= 0.6 is 23.2 Å². The number of hydrazone groups is 1. The van der Waals surface area contributed by atoms with Gasteiger partial charge in [-0.1, -0.05) is 65.7 Å². The molecule has 3 aromatic rings. The number of nitrogens with two attached hydrogens (primary N) is 1. The second kappa shape index (κ2) is 11.3. The third-order valence-electron chi connectivity index (χ3n) is 5.78. The fourth-order valence-electron chi connectivity index (χ4n) is 3.89. The third kappa shape index (κ3) is 6.21. The zero-order valence-electron chi connectivity index (χ0n) is 20.1.